The van der Waals surface area contributed by atoms with Crippen molar-refractivity contribution in [1.29, 1.82) is 0 Å². The largest absolute Gasteiger partial charge is 0.144 e. The van der Waals surface area contributed by atoms with E-state index in [4.69, 9.17) is 0 Å². The van der Waals surface area contributed by atoms with Crippen LogP contribution in [0.1, 0.15) is 0 Å². The van der Waals surface area contributed by atoms with Crippen LogP contribution in [0.4, 0.5) is 0 Å². The van der Waals surface area contributed by atoms with Crippen molar-refractivity contribution < 1.29 is 0 Å². The molecule has 0 aliphatic carbocycles. The lowest BCUT2D eigenvalue weighted by Gasteiger charge is -1.99. The standard InChI is InChI=1S/C34H16S6/c1-3-21-31(13-17(1)29-15-23-19-9-11-35-25(19)5-7-27(23)37-29)39-34-22-4-2-18(14-32(22)40-33(21)34)30-16-24-20-10-12-36-26(20)6-8-28(24)38-30/h1-16H. The van der Waals surface area contributed by atoms with Gasteiger partial charge in [-0.2, -0.15) is 0 Å². The lowest BCUT2D eigenvalue weighted by molar-refractivity contribution is 1.83. The molecule has 0 aliphatic rings. The Kier molecular flexibility index (Phi) is 4.64. The maximum Gasteiger partial charge on any atom is 0.0542 e. The zero-order chi connectivity index (χ0) is 25.9. The second-order valence-electron chi connectivity index (χ2n) is 10.1. The van der Waals surface area contributed by atoms with Crippen LogP contribution in [0.25, 0.3) is 90.8 Å². The van der Waals surface area contributed by atoms with Gasteiger partial charge in [0.2, 0.25) is 0 Å². The summed E-state index contributed by atoms with van der Waals surface area (Å²) in [4.78, 5) is 2.70. The zero-order valence-corrected chi connectivity index (χ0v) is 25.6. The molecule has 10 rings (SSSR count). The average molecular weight is 617 g/mol. The normalized spacial score (nSPS) is 12.5. The minimum Gasteiger partial charge on any atom is -0.144 e. The quantitative estimate of drug-likeness (QED) is 0.181. The highest BCUT2D eigenvalue weighted by Crippen LogP contribution is 2.48. The third kappa shape index (κ3) is 3.15. The highest BCUT2D eigenvalue weighted by molar-refractivity contribution is 7.36. The van der Waals surface area contributed by atoms with E-state index in [1.165, 1.54) is 90.8 Å². The number of benzene rings is 4. The fourth-order valence-electron chi connectivity index (χ4n) is 5.97. The first-order chi connectivity index (χ1) is 19.8. The predicted octanol–water partition coefficient (Wildman–Crippen LogP) is 13.5. The molecule has 0 bridgehead atoms. The summed E-state index contributed by atoms with van der Waals surface area (Å²) < 4.78 is 11.1. The zero-order valence-electron chi connectivity index (χ0n) is 20.7. The molecule has 188 valence electrons. The number of thiophene rings is 6. The van der Waals surface area contributed by atoms with E-state index in [2.05, 4.69) is 95.7 Å². The molecule has 0 amide bonds. The fourth-order valence-corrected chi connectivity index (χ4v) is 12.5. The fraction of sp³-hybridized carbons (Fsp3) is 0. The Morgan fingerprint density at radius 3 is 1.30 bits per heavy atom. The molecule has 0 atom stereocenters. The molecule has 0 saturated heterocycles. The highest BCUT2D eigenvalue weighted by Gasteiger charge is 2.16. The number of hydrogen-bond acceptors (Lipinski definition) is 6. The van der Waals surface area contributed by atoms with Gasteiger partial charge >= 0.3 is 0 Å². The summed E-state index contributed by atoms with van der Waals surface area (Å²) in [6, 6.07) is 32.5. The first-order valence-electron chi connectivity index (χ1n) is 13.0. The van der Waals surface area contributed by atoms with Crippen molar-refractivity contribution in [2.45, 2.75) is 0 Å². The SMILES string of the molecule is c1cc2c(ccc3sc(-c4ccc5c(c4)sc4c6ccc(-c7cc8c(ccc9sccc98)s7)cc6sc54)cc32)s1. The molecule has 0 saturated carbocycles. The van der Waals surface area contributed by atoms with Gasteiger partial charge in [0.15, 0.2) is 0 Å². The van der Waals surface area contributed by atoms with Crippen molar-refractivity contribution in [3.63, 3.8) is 0 Å². The van der Waals surface area contributed by atoms with E-state index < -0.39 is 0 Å². The van der Waals surface area contributed by atoms with Crippen LogP contribution in [-0.4, -0.2) is 0 Å². The number of rotatable bonds is 2. The second-order valence-corrected chi connectivity index (χ2v) is 16.3. The summed E-state index contributed by atoms with van der Waals surface area (Å²) in [6.45, 7) is 0. The lowest BCUT2D eigenvalue weighted by atomic mass is 10.1. The van der Waals surface area contributed by atoms with E-state index in [9.17, 15) is 0 Å². The minimum atomic E-state index is 1.32. The average Bonchev–Trinajstić information content (AvgIpc) is 3.81. The van der Waals surface area contributed by atoms with Crippen LogP contribution in [0, 0.1) is 0 Å². The smallest absolute Gasteiger partial charge is 0.0542 e. The number of fused-ring (bicyclic) bond motifs is 11. The van der Waals surface area contributed by atoms with Gasteiger partial charge in [-0.3, -0.25) is 0 Å². The van der Waals surface area contributed by atoms with Crippen molar-refractivity contribution in [2.75, 3.05) is 0 Å². The van der Waals surface area contributed by atoms with Crippen LogP contribution < -0.4 is 0 Å². The molecule has 4 aromatic carbocycles. The van der Waals surface area contributed by atoms with Gasteiger partial charge in [-0.1, -0.05) is 24.3 Å². The predicted molar refractivity (Wildman–Crippen MR) is 187 cm³/mol. The van der Waals surface area contributed by atoms with Gasteiger partial charge in [-0.25, -0.2) is 0 Å². The molecule has 6 heteroatoms. The molecular formula is C34H16S6. The van der Waals surface area contributed by atoms with Crippen molar-refractivity contribution in [3.8, 4) is 20.9 Å². The third-order valence-corrected chi connectivity index (χ3v) is 14.5. The molecule has 10 aromatic rings. The van der Waals surface area contributed by atoms with Gasteiger partial charge in [0, 0.05) is 70.3 Å². The van der Waals surface area contributed by atoms with Crippen LogP contribution >= 0.6 is 68.0 Å². The Balaban J connectivity index is 1.09. The maximum atomic E-state index is 2.41. The van der Waals surface area contributed by atoms with Gasteiger partial charge in [0.05, 0.1) is 9.40 Å². The first-order valence-corrected chi connectivity index (χ1v) is 18.0. The highest BCUT2D eigenvalue weighted by atomic mass is 32.1. The van der Waals surface area contributed by atoms with E-state index in [1.807, 2.05) is 68.0 Å². The summed E-state index contributed by atoms with van der Waals surface area (Å²) >= 11 is 11.3. The summed E-state index contributed by atoms with van der Waals surface area (Å²) in [5.74, 6) is 0. The van der Waals surface area contributed by atoms with Gasteiger partial charge in [-0.05, 0) is 82.6 Å². The van der Waals surface area contributed by atoms with Crippen LogP contribution in [-0.2, 0) is 0 Å². The Bertz CT molecular complexity index is 2430. The Hall–Kier alpha value is -3.10. The summed E-state index contributed by atoms with van der Waals surface area (Å²) in [6.07, 6.45) is 0. The molecule has 0 fully saturated rings. The van der Waals surface area contributed by atoms with E-state index in [-0.39, 0.29) is 0 Å². The Morgan fingerprint density at radius 2 is 0.800 bits per heavy atom. The molecule has 0 radical (unpaired) electrons. The van der Waals surface area contributed by atoms with Crippen LogP contribution in [0.15, 0.2) is 95.7 Å². The maximum absolute atomic E-state index is 2.41. The van der Waals surface area contributed by atoms with E-state index in [0.29, 0.717) is 0 Å². The van der Waals surface area contributed by atoms with E-state index in [1.54, 1.807) is 0 Å². The monoisotopic (exact) mass is 616 g/mol. The number of hydrogen-bond donors (Lipinski definition) is 0. The third-order valence-electron chi connectivity index (χ3n) is 7.92. The van der Waals surface area contributed by atoms with Crippen LogP contribution in [0.3, 0.4) is 0 Å². The van der Waals surface area contributed by atoms with Gasteiger partial charge in [0.25, 0.3) is 0 Å². The van der Waals surface area contributed by atoms with Crippen molar-refractivity contribution in [2.24, 2.45) is 0 Å². The van der Waals surface area contributed by atoms with Crippen LogP contribution in [0.2, 0.25) is 0 Å². The molecule has 0 nitrogen and oxygen atoms in total. The van der Waals surface area contributed by atoms with Gasteiger partial charge < -0.3 is 0 Å². The molecule has 0 aliphatic heterocycles. The van der Waals surface area contributed by atoms with E-state index >= 15 is 0 Å². The van der Waals surface area contributed by atoms with Crippen molar-refractivity contribution in [3.05, 3.63) is 95.7 Å². The molecule has 0 unspecified atom stereocenters. The topological polar surface area (TPSA) is 0 Å². The Morgan fingerprint density at radius 1 is 0.325 bits per heavy atom. The lowest BCUT2D eigenvalue weighted by Crippen LogP contribution is -1.71. The van der Waals surface area contributed by atoms with Gasteiger partial charge in [0.1, 0.15) is 0 Å². The van der Waals surface area contributed by atoms with Crippen molar-refractivity contribution >= 4 is 138 Å². The van der Waals surface area contributed by atoms with Gasteiger partial charge in [-0.15, -0.1) is 68.0 Å². The molecule has 40 heavy (non-hydrogen) atoms. The summed E-state index contributed by atoms with van der Waals surface area (Å²) in [7, 11) is 0. The minimum absolute atomic E-state index is 1.32. The first kappa shape index (κ1) is 22.6. The Labute approximate surface area is 252 Å². The molecule has 0 N–H and O–H groups in total. The summed E-state index contributed by atoms with van der Waals surface area (Å²) in [5.41, 5.74) is 2.64. The molecule has 0 spiro atoms. The molecule has 6 heterocycles. The molecule has 6 aromatic heterocycles. The van der Waals surface area contributed by atoms with Crippen molar-refractivity contribution in [1.82, 2.24) is 0 Å². The molecular weight excluding hydrogens is 601 g/mol. The summed E-state index contributed by atoms with van der Waals surface area (Å²) in [5, 5.41) is 12.7. The van der Waals surface area contributed by atoms with Crippen LogP contribution in [0.5, 0.6) is 0 Å². The van der Waals surface area contributed by atoms with E-state index in [0.717, 1.165) is 0 Å². The second kappa shape index (κ2) is 8.23.